The highest BCUT2D eigenvalue weighted by molar-refractivity contribution is 5.96. The molecule has 2 rings (SSSR count). The van der Waals surface area contributed by atoms with Crippen LogP contribution in [-0.2, 0) is 6.18 Å². The maximum absolute atomic E-state index is 12.7. The number of carbonyl (C=O) groups is 2. The second kappa shape index (κ2) is 9.97. The monoisotopic (exact) mass is 425 g/mol. The van der Waals surface area contributed by atoms with Crippen LogP contribution in [0.3, 0.4) is 0 Å². The van der Waals surface area contributed by atoms with Crippen molar-refractivity contribution in [1.29, 1.82) is 0 Å². The third-order valence-corrected chi connectivity index (χ3v) is 4.07. The fourth-order valence-corrected chi connectivity index (χ4v) is 2.48. The first-order valence-electron chi connectivity index (χ1n) is 8.96. The Morgan fingerprint density at radius 2 is 1.90 bits per heavy atom. The summed E-state index contributed by atoms with van der Waals surface area (Å²) in [6.07, 6.45) is -5.63. The molecule has 0 aliphatic rings. The number of hydrogen-bond donors (Lipinski definition) is 4. The van der Waals surface area contributed by atoms with E-state index in [2.05, 4.69) is 16.0 Å². The zero-order valence-corrected chi connectivity index (χ0v) is 16.3. The maximum atomic E-state index is 12.7. The molecule has 0 aromatic heterocycles. The van der Waals surface area contributed by atoms with Gasteiger partial charge in [0.1, 0.15) is 18.5 Å². The van der Waals surface area contributed by atoms with E-state index in [4.69, 9.17) is 4.74 Å². The summed E-state index contributed by atoms with van der Waals surface area (Å²) in [6.45, 7) is 1.24. The highest BCUT2D eigenvalue weighted by atomic mass is 19.4. The molecular weight excluding hydrogens is 403 g/mol. The van der Waals surface area contributed by atoms with E-state index < -0.39 is 23.9 Å². The first-order valence-corrected chi connectivity index (χ1v) is 8.96. The van der Waals surface area contributed by atoms with Gasteiger partial charge in [0.05, 0.1) is 5.56 Å². The molecule has 10 heteroatoms. The number of nitrogens with one attached hydrogen (secondary N) is 3. The third-order valence-electron chi connectivity index (χ3n) is 4.07. The molecule has 4 N–H and O–H groups in total. The van der Waals surface area contributed by atoms with Gasteiger partial charge in [-0.3, -0.25) is 4.79 Å². The van der Waals surface area contributed by atoms with Crippen LogP contribution in [-0.4, -0.2) is 43.3 Å². The Morgan fingerprint density at radius 1 is 1.17 bits per heavy atom. The van der Waals surface area contributed by atoms with Crippen LogP contribution in [0, 0.1) is 6.92 Å². The lowest BCUT2D eigenvalue weighted by atomic mass is 10.1. The predicted octanol–water partition coefficient (Wildman–Crippen LogP) is 2.93. The van der Waals surface area contributed by atoms with Gasteiger partial charge in [-0.2, -0.15) is 13.2 Å². The first kappa shape index (κ1) is 23.0. The number of rotatable bonds is 7. The topological polar surface area (TPSA) is 99.7 Å². The highest BCUT2D eigenvalue weighted by Crippen LogP contribution is 2.31. The van der Waals surface area contributed by atoms with Crippen molar-refractivity contribution in [3.05, 3.63) is 59.2 Å². The number of benzene rings is 2. The van der Waals surface area contributed by atoms with Crippen LogP contribution < -0.4 is 20.7 Å². The number of halogens is 3. The van der Waals surface area contributed by atoms with Gasteiger partial charge in [0.15, 0.2) is 0 Å². The number of alkyl halides is 3. The van der Waals surface area contributed by atoms with Gasteiger partial charge in [0.25, 0.3) is 5.91 Å². The van der Waals surface area contributed by atoms with Gasteiger partial charge in [-0.25, -0.2) is 4.79 Å². The molecule has 0 saturated heterocycles. The molecule has 0 aliphatic heterocycles. The normalized spacial score (nSPS) is 12.1. The minimum atomic E-state index is -4.49. The van der Waals surface area contributed by atoms with Crippen molar-refractivity contribution in [1.82, 2.24) is 10.6 Å². The Kier molecular flexibility index (Phi) is 7.65. The van der Waals surface area contributed by atoms with E-state index in [0.717, 1.165) is 12.1 Å². The summed E-state index contributed by atoms with van der Waals surface area (Å²) in [4.78, 5) is 23.6. The number of hydrogen-bond acceptors (Lipinski definition) is 4. The van der Waals surface area contributed by atoms with Crippen molar-refractivity contribution in [2.75, 3.05) is 25.5 Å². The van der Waals surface area contributed by atoms with E-state index in [9.17, 15) is 27.9 Å². The van der Waals surface area contributed by atoms with Crippen LogP contribution in [0.4, 0.5) is 23.7 Å². The molecule has 0 spiro atoms. The minimum Gasteiger partial charge on any atom is -0.491 e. The average molecular weight is 425 g/mol. The van der Waals surface area contributed by atoms with Crippen LogP contribution in [0.5, 0.6) is 5.75 Å². The SMILES string of the molecule is CNC(=O)c1ccc(NC(=O)NCC(O)COc2cccc(C(F)(F)F)c2)c(C)c1. The third kappa shape index (κ3) is 6.66. The molecule has 162 valence electrons. The van der Waals surface area contributed by atoms with Crippen molar-refractivity contribution in [3.8, 4) is 5.75 Å². The van der Waals surface area contributed by atoms with Crippen molar-refractivity contribution in [2.24, 2.45) is 0 Å². The summed E-state index contributed by atoms with van der Waals surface area (Å²) in [5.74, 6) is -0.293. The summed E-state index contributed by atoms with van der Waals surface area (Å²) in [7, 11) is 1.51. The van der Waals surface area contributed by atoms with Gasteiger partial charge in [-0.05, 0) is 48.9 Å². The molecule has 7 nitrogen and oxygen atoms in total. The van der Waals surface area contributed by atoms with E-state index >= 15 is 0 Å². The fourth-order valence-electron chi connectivity index (χ4n) is 2.48. The first-order chi connectivity index (χ1) is 14.1. The Bertz CT molecular complexity index is 903. The number of anilines is 1. The lowest BCUT2D eigenvalue weighted by molar-refractivity contribution is -0.137. The number of aliphatic hydroxyl groups is 1. The van der Waals surface area contributed by atoms with Crippen molar-refractivity contribution in [3.63, 3.8) is 0 Å². The average Bonchev–Trinajstić information content (AvgIpc) is 2.71. The van der Waals surface area contributed by atoms with Crippen molar-refractivity contribution < 1.29 is 32.6 Å². The molecule has 0 saturated carbocycles. The molecule has 1 atom stereocenters. The molecule has 2 aromatic rings. The van der Waals surface area contributed by atoms with Gasteiger partial charge in [-0.15, -0.1) is 0 Å². The molecule has 0 radical (unpaired) electrons. The zero-order chi connectivity index (χ0) is 22.3. The van der Waals surface area contributed by atoms with Crippen LogP contribution in [0.25, 0.3) is 0 Å². The molecular formula is C20H22F3N3O4. The summed E-state index contributed by atoms with van der Waals surface area (Å²) >= 11 is 0. The van der Waals surface area contributed by atoms with Crippen LogP contribution >= 0.6 is 0 Å². The molecule has 0 fully saturated rings. The van der Waals surface area contributed by atoms with Crippen LogP contribution in [0.15, 0.2) is 42.5 Å². The predicted molar refractivity (Wildman–Crippen MR) is 105 cm³/mol. The summed E-state index contributed by atoms with van der Waals surface area (Å²) in [5.41, 5.74) is 0.738. The fraction of sp³-hybridized carbons (Fsp3) is 0.300. The second-order valence-corrected chi connectivity index (χ2v) is 6.43. The minimum absolute atomic E-state index is 0.0415. The number of aryl methyl sites for hydroxylation is 1. The lowest BCUT2D eigenvalue weighted by Crippen LogP contribution is -2.37. The zero-order valence-electron chi connectivity index (χ0n) is 16.3. The van der Waals surface area contributed by atoms with Crippen molar-refractivity contribution >= 4 is 17.6 Å². The van der Waals surface area contributed by atoms with Crippen molar-refractivity contribution in [2.45, 2.75) is 19.2 Å². The van der Waals surface area contributed by atoms with Crippen LogP contribution in [0.2, 0.25) is 0 Å². The number of amides is 3. The molecule has 0 bridgehead atoms. The molecule has 0 aliphatic carbocycles. The standard InChI is InChI=1S/C20H22F3N3O4/c1-12-8-13(18(28)24-2)6-7-17(12)26-19(29)25-10-15(27)11-30-16-5-3-4-14(9-16)20(21,22)23/h3-9,15,27H,10-11H2,1-2H3,(H,24,28)(H2,25,26,29). The molecule has 1 unspecified atom stereocenters. The Labute approximate surface area is 171 Å². The largest absolute Gasteiger partial charge is 0.491 e. The van der Waals surface area contributed by atoms with Gasteiger partial charge >= 0.3 is 12.2 Å². The second-order valence-electron chi connectivity index (χ2n) is 6.43. The maximum Gasteiger partial charge on any atom is 0.416 e. The highest BCUT2D eigenvalue weighted by Gasteiger charge is 2.30. The lowest BCUT2D eigenvalue weighted by Gasteiger charge is -2.15. The molecule has 2 aromatic carbocycles. The number of aliphatic hydroxyl groups excluding tert-OH is 1. The molecule has 3 amide bonds. The van der Waals surface area contributed by atoms with E-state index in [1.165, 1.54) is 19.2 Å². The Morgan fingerprint density at radius 3 is 2.53 bits per heavy atom. The Hall–Kier alpha value is -3.27. The van der Waals surface area contributed by atoms with E-state index in [-0.39, 0.29) is 24.8 Å². The van der Waals surface area contributed by atoms with E-state index in [1.54, 1.807) is 25.1 Å². The number of urea groups is 1. The molecule has 30 heavy (non-hydrogen) atoms. The summed E-state index contributed by atoms with van der Waals surface area (Å²) in [6, 6.07) is 8.44. The number of carbonyl (C=O) groups excluding carboxylic acids is 2. The summed E-state index contributed by atoms with van der Waals surface area (Å²) in [5, 5.41) is 17.4. The van der Waals surface area contributed by atoms with Crippen LogP contribution in [0.1, 0.15) is 21.5 Å². The van der Waals surface area contributed by atoms with Gasteiger partial charge in [0, 0.05) is 24.8 Å². The molecule has 0 heterocycles. The van der Waals surface area contributed by atoms with E-state index in [0.29, 0.717) is 16.8 Å². The summed E-state index contributed by atoms with van der Waals surface area (Å²) < 4.78 is 43.2. The van der Waals surface area contributed by atoms with Gasteiger partial charge < -0.3 is 25.8 Å². The Balaban J connectivity index is 1.82. The van der Waals surface area contributed by atoms with Gasteiger partial charge in [0.2, 0.25) is 0 Å². The quantitative estimate of drug-likeness (QED) is 0.548. The van der Waals surface area contributed by atoms with Gasteiger partial charge in [-0.1, -0.05) is 6.07 Å². The smallest absolute Gasteiger partial charge is 0.416 e. The van der Waals surface area contributed by atoms with E-state index in [1.807, 2.05) is 0 Å². The number of ether oxygens (including phenoxy) is 1.